The number of rotatable bonds is 6. The SMILES string of the molecule is CCCNC(Cc1ccc(I)cc1)c1coc(C)c1. The van der Waals surface area contributed by atoms with Gasteiger partial charge in [-0.2, -0.15) is 0 Å². The Morgan fingerprint density at radius 1 is 1.26 bits per heavy atom. The van der Waals surface area contributed by atoms with Gasteiger partial charge in [-0.3, -0.25) is 0 Å². The monoisotopic (exact) mass is 369 g/mol. The second kappa shape index (κ2) is 7.10. The Hall–Kier alpha value is -0.810. The molecule has 3 heteroatoms. The van der Waals surface area contributed by atoms with Crippen molar-refractivity contribution in [1.82, 2.24) is 5.32 Å². The van der Waals surface area contributed by atoms with Gasteiger partial charge in [-0.1, -0.05) is 19.1 Å². The molecule has 1 heterocycles. The second-order valence-electron chi connectivity index (χ2n) is 4.83. The molecule has 1 N–H and O–H groups in total. The summed E-state index contributed by atoms with van der Waals surface area (Å²) in [5.41, 5.74) is 2.59. The van der Waals surface area contributed by atoms with Crippen LogP contribution >= 0.6 is 22.6 Å². The van der Waals surface area contributed by atoms with E-state index >= 15 is 0 Å². The maximum absolute atomic E-state index is 5.44. The van der Waals surface area contributed by atoms with E-state index in [-0.39, 0.29) is 0 Å². The van der Waals surface area contributed by atoms with E-state index in [0.717, 1.165) is 25.1 Å². The number of benzene rings is 1. The lowest BCUT2D eigenvalue weighted by atomic mass is 10.0. The number of furan rings is 1. The highest BCUT2D eigenvalue weighted by Crippen LogP contribution is 2.21. The summed E-state index contributed by atoms with van der Waals surface area (Å²) in [4.78, 5) is 0. The molecule has 1 unspecified atom stereocenters. The molecule has 2 aromatic rings. The minimum Gasteiger partial charge on any atom is -0.469 e. The molecule has 1 atom stereocenters. The summed E-state index contributed by atoms with van der Waals surface area (Å²) >= 11 is 2.34. The van der Waals surface area contributed by atoms with Crippen LogP contribution in [0.1, 0.15) is 36.3 Å². The minimum atomic E-state index is 0.331. The molecule has 0 fully saturated rings. The fourth-order valence-electron chi connectivity index (χ4n) is 2.13. The predicted molar refractivity (Wildman–Crippen MR) is 87.3 cm³/mol. The zero-order valence-electron chi connectivity index (χ0n) is 11.4. The average molecular weight is 369 g/mol. The van der Waals surface area contributed by atoms with Crippen molar-refractivity contribution in [2.75, 3.05) is 6.54 Å². The highest BCUT2D eigenvalue weighted by Gasteiger charge is 2.13. The third kappa shape index (κ3) is 4.35. The van der Waals surface area contributed by atoms with Gasteiger partial charge in [0.25, 0.3) is 0 Å². The van der Waals surface area contributed by atoms with Gasteiger partial charge in [0.05, 0.1) is 6.26 Å². The molecule has 1 aromatic heterocycles. The van der Waals surface area contributed by atoms with E-state index in [1.54, 1.807) is 0 Å². The summed E-state index contributed by atoms with van der Waals surface area (Å²) in [7, 11) is 0. The molecule has 19 heavy (non-hydrogen) atoms. The number of halogens is 1. The largest absolute Gasteiger partial charge is 0.469 e. The number of hydrogen-bond donors (Lipinski definition) is 1. The fraction of sp³-hybridized carbons (Fsp3) is 0.375. The molecular weight excluding hydrogens is 349 g/mol. The Bertz CT molecular complexity index is 504. The predicted octanol–water partition coefficient (Wildman–Crippen LogP) is 4.48. The first-order chi connectivity index (χ1) is 9.19. The molecule has 1 aromatic carbocycles. The van der Waals surface area contributed by atoms with E-state index in [1.807, 2.05) is 13.2 Å². The van der Waals surface area contributed by atoms with Crippen LogP contribution in [0.3, 0.4) is 0 Å². The first-order valence-electron chi connectivity index (χ1n) is 6.72. The zero-order valence-corrected chi connectivity index (χ0v) is 13.6. The van der Waals surface area contributed by atoms with E-state index in [2.05, 4.69) is 65.2 Å². The van der Waals surface area contributed by atoms with E-state index < -0.39 is 0 Å². The molecule has 0 spiro atoms. The van der Waals surface area contributed by atoms with Gasteiger partial charge < -0.3 is 9.73 Å². The Morgan fingerprint density at radius 3 is 2.58 bits per heavy atom. The maximum atomic E-state index is 5.44. The van der Waals surface area contributed by atoms with Crippen LogP contribution < -0.4 is 5.32 Å². The van der Waals surface area contributed by atoms with Crippen LogP contribution in [-0.4, -0.2) is 6.54 Å². The lowest BCUT2D eigenvalue weighted by Crippen LogP contribution is -2.23. The summed E-state index contributed by atoms with van der Waals surface area (Å²) in [6, 6.07) is 11.2. The van der Waals surface area contributed by atoms with E-state index in [4.69, 9.17) is 4.42 Å². The number of aryl methyl sites for hydroxylation is 1. The topological polar surface area (TPSA) is 25.2 Å². The van der Waals surface area contributed by atoms with E-state index in [1.165, 1.54) is 14.7 Å². The Kier molecular flexibility index (Phi) is 5.45. The number of nitrogens with one attached hydrogen (secondary N) is 1. The van der Waals surface area contributed by atoms with Crippen LogP contribution in [0, 0.1) is 10.5 Å². The highest BCUT2D eigenvalue weighted by atomic mass is 127. The fourth-order valence-corrected chi connectivity index (χ4v) is 2.49. The third-order valence-electron chi connectivity index (χ3n) is 3.15. The van der Waals surface area contributed by atoms with Crippen molar-refractivity contribution in [3.8, 4) is 0 Å². The van der Waals surface area contributed by atoms with Crippen molar-refractivity contribution in [2.45, 2.75) is 32.7 Å². The summed E-state index contributed by atoms with van der Waals surface area (Å²) in [6.45, 7) is 5.21. The van der Waals surface area contributed by atoms with Crippen molar-refractivity contribution in [1.29, 1.82) is 0 Å². The van der Waals surface area contributed by atoms with Gasteiger partial charge in [-0.05, 0) is 72.7 Å². The third-order valence-corrected chi connectivity index (χ3v) is 3.87. The summed E-state index contributed by atoms with van der Waals surface area (Å²) in [6.07, 6.45) is 4.01. The van der Waals surface area contributed by atoms with Gasteiger partial charge >= 0.3 is 0 Å². The molecule has 0 aliphatic rings. The lowest BCUT2D eigenvalue weighted by Gasteiger charge is -2.17. The van der Waals surface area contributed by atoms with E-state index in [0.29, 0.717) is 6.04 Å². The molecule has 0 bridgehead atoms. The molecule has 0 saturated carbocycles. The van der Waals surface area contributed by atoms with Gasteiger partial charge in [0.2, 0.25) is 0 Å². The van der Waals surface area contributed by atoms with Crippen molar-refractivity contribution < 1.29 is 4.42 Å². The molecule has 0 aliphatic heterocycles. The average Bonchev–Trinajstić information content (AvgIpc) is 2.83. The molecule has 2 rings (SSSR count). The Morgan fingerprint density at radius 2 is 2.00 bits per heavy atom. The molecular formula is C16H20INO. The van der Waals surface area contributed by atoms with Crippen LogP contribution in [-0.2, 0) is 6.42 Å². The lowest BCUT2D eigenvalue weighted by molar-refractivity contribution is 0.503. The van der Waals surface area contributed by atoms with Gasteiger partial charge in [0.15, 0.2) is 0 Å². The normalized spacial score (nSPS) is 12.6. The van der Waals surface area contributed by atoms with Crippen molar-refractivity contribution >= 4 is 22.6 Å². The molecule has 102 valence electrons. The van der Waals surface area contributed by atoms with Gasteiger partial charge in [-0.15, -0.1) is 0 Å². The second-order valence-corrected chi connectivity index (χ2v) is 6.07. The minimum absolute atomic E-state index is 0.331. The van der Waals surface area contributed by atoms with E-state index in [9.17, 15) is 0 Å². The summed E-state index contributed by atoms with van der Waals surface area (Å²) < 4.78 is 6.72. The molecule has 0 radical (unpaired) electrons. The van der Waals surface area contributed by atoms with Crippen LogP contribution in [0.25, 0.3) is 0 Å². The summed E-state index contributed by atoms with van der Waals surface area (Å²) in [5, 5.41) is 3.60. The standard InChI is InChI=1S/C16H20INO/c1-3-8-18-16(14-9-12(2)19-11-14)10-13-4-6-15(17)7-5-13/h4-7,9,11,16,18H,3,8,10H2,1-2H3. The Balaban J connectivity index is 2.11. The first kappa shape index (κ1) is 14.6. The molecule has 2 nitrogen and oxygen atoms in total. The van der Waals surface area contributed by atoms with Gasteiger partial charge in [0, 0.05) is 15.2 Å². The van der Waals surface area contributed by atoms with Crippen LogP contribution in [0.2, 0.25) is 0 Å². The zero-order chi connectivity index (χ0) is 13.7. The van der Waals surface area contributed by atoms with Gasteiger partial charge in [0.1, 0.15) is 5.76 Å². The molecule has 0 amide bonds. The highest BCUT2D eigenvalue weighted by molar-refractivity contribution is 14.1. The van der Waals surface area contributed by atoms with Crippen molar-refractivity contribution in [2.24, 2.45) is 0 Å². The van der Waals surface area contributed by atoms with Crippen LogP contribution in [0.4, 0.5) is 0 Å². The van der Waals surface area contributed by atoms with Crippen LogP contribution in [0.15, 0.2) is 41.0 Å². The van der Waals surface area contributed by atoms with Crippen LogP contribution in [0.5, 0.6) is 0 Å². The quantitative estimate of drug-likeness (QED) is 0.760. The van der Waals surface area contributed by atoms with Crippen molar-refractivity contribution in [3.63, 3.8) is 0 Å². The summed E-state index contributed by atoms with van der Waals surface area (Å²) in [5.74, 6) is 0.973. The molecule has 0 aliphatic carbocycles. The Labute approximate surface area is 128 Å². The maximum Gasteiger partial charge on any atom is 0.101 e. The van der Waals surface area contributed by atoms with Gasteiger partial charge in [-0.25, -0.2) is 0 Å². The van der Waals surface area contributed by atoms with Crippen molar-refractivity contribution in [3.05, 3.63) is 57.1 Å². The number of hydrogen-bond acceptors (Lipinski definition) is 2. The smallest absolute Gasteiger partial charge is 0.101 e. The first-order valence-corrected chi connectivity index (χ1v) is 7.79. The molecule has 0 saturated heterocycles.